The number of hydrogen-bond donors (Lipinski definition) is 1. The predicted molar refractivity (Wildman–Crippen MR) is 89.6 cm³/mol. The average Bonchev–Trinajstić information content (AvgIpc) is 2.85. The summed E-state index contributed by atoms with van der Waals surface area (Å²) in [5, 5.41) is 3.82. The molecule has 3 rings (SSSR count). The minimum Gasteiger partial charge on any atom is -0.313 e. The summed E-state index contributed by atoms with van der Waals surface area (Å²) in [6.45, 7) is 14.7. The van der Waals surface area contributed by atoms with Crippen LogP contribution in [0.3, 0.4) is 0 Å². The van der Waals surface area contributed by atoms with Crippen molar-refractivity contribution in [3.05, 3.63) is 0 Å². The first kappa shape index (κ1) is 15.8. The maximum Gasteiger partial charge on any atom is 0.0279 e. The summed E-state index contributed by atoms with van der Waals surface area (Å²) in [7, 11) is 0. The third kappa shape index (κ3) is 3.16. The molecular formula is C18H35N3. The molecule has 1 saturated carbocycles. The number of fused-ring (bicyclic) bond motifs is 1. The Kier molecular flexibility index (Phi) is 4.92. The van der Waals surface area contributed by atoms with Crippen LogP contribution in [-0.4, -0.2) is 60.1 Å². The maximum atomic E-state index is 3.82. The van der Waals surface area contributed by atoms with E-state index in [0.29, 0.717) is 6.04 Å². The van der Waals surface area contributed by atoms with Crippen LogP contribution in [0.5, 0.6) is 0 Å². The smallest absolute Gasteiger partial charge is 0.0279 e. The van der Waals surface area contributed by atoms with Gasteiger partial charge in [-0.05, 0) is 57.5 Å². The molecule has 3 aliphatic rings. The van der Waals surface area contributed by atoms with E-state index in [1.165, 1.54) is 45.3 Å². The van der Waals surface area contributed by atoms with E-state index in [1.807, 2.05) is 0 Å². The molecule has 6 atom stereocenters. The van der Waals surface area contributed by atoms with Crippen molar-refractivity contribution < 1.29 is 0 Å². The molecular weight excluding hydrogens is 258 g/mol. The zero-order valence-electron chi connectivity index (χ0n) is 14.5. The highest BCUT2D eigenvalue weighted by atomic mass is 15.3. The molecule has 0 aromatic heterocycles. The van der Waals surface area contributed by atoms with Gasteiger partial charge in [0, 0.05) is 37.3 Å². The van der Waals surface area contributed by atoms with Crippen molar-refractivity contribution in [2.45, 2.75) is 77.5 Å². The van der Waals surface area contributed by atoms with E-state index in [9.17, 15) is 0 Å². The summed E-state index contributed by atoms with van der Waals surface area (Å²) >= 11 is 0. The van der Waals surface area contributed by atoms with Crippen molar-refractivity contribution in [3.63, 3.8) is 0 Å². The zero-order valence-corrected chi connectivity index (χ0v) is 14.5. The molecule has 1 N–H and O–H groups in total. The standard InChI is InChI=1S/C18H35N3/c1-5-19-17-10-13(2)9-14(3)18(17)21-12-16-7-6-8-20(16)11-15(21)4/h13-19H,5-12H2,1-4H3. The normalized spacial score (nSPS) is 45.7. The number of hydrogen-bond acceptors (Lipinski definition) is 3. The fourth-order valence-electron chi connectivity index (χ4n) is 5.49. The van der Waals surface area contributed by atoms with Crippen molar-refractivity contribution in [2.75, 3.05) is 26.2 Å². The molecule has 2 aliphatic heterocycles. The lowest BCUT2D eigenvalue weighted by atomic mass is 9.75. The van der Waals surface area contributed by atoms with Gasteiger partial charge >= 0.3 is 0 Å². The van der Waals surface area contributed by atoms with E-state index in [4.69, 9.17) is 0 Å². The SMILES string of the molecule is CCNC1CC(C)CC(C)C1N1CC2CCCN2CC1C. The highest BCUT2D eigenvalue weighted by Crippen LogP contribution is 2.36. The highest BCUT2D eigenvalue weighted by molar-refractivity contribution is 5.00. The third-order valence-electron chi connectivity index (χ3n) is 6.26. The second-order valence-corrected chi connectivity index (χ2v) is 8.05. The molecule has 0 aromatic carbocycles. The van der Waals surface area contributed by atoms with Gasteiger partial charge in [-0.15, -0.1) is 0 Å². The fraction of sp³-hybridized carbons (Fsp3) is 1.00. The van der Waals surface area contributed by atoms with E-state index >= 15 is 0 Å². The third-order valence-corrected chi connectivity index (χ3v) is 6.26. The van der Waals surface area contributed by atoms with Gasteiger partial charge in [0.15, 0.2) is 0 Å². The summed E-state index contributed by atoms with van der Waals surface area (Å²) in [5.41, 5.74) is 0. The van der Waals surface area contributed by atoms with Crippen molar-refractivity contribution in [1.29, 1.82) is 0 Å². The first-order valence-electron chi connectivity index (χ1n) is 9.33. The lowest BCUT2D eigenvalue weighted by Gasteiger charge is -2.52. The Morgan fingerprint density at radius 1 is 1.10 bits per heavy atom. The van der Waals surface area contributed by atoms with Crippen LogP contribution in [0.1, 0.15) is 53.4 Å². The number of likely N-dealkylation sites (N-methyl/N-ethyl adjacent to an activating group) is 1. The fourth-order valence-corrected chi connectivity index (χ4v) is 5.49. The van der Waals surface area contributed by atoms with Crippen LogP contribution in [0.4, 0.5) is 0 Å². The van der Waals surface area contributed by atoms with Crippen LogP contribution >= 0.6 is 0 Å². The molecule has 3 nitrogen and oxygen atoms in total. The van der Waals surface area contributed by atoms with Crippen LogP contribution in [0.25, 0.3) is 0 Å². The minimum atomic E-state index is 0.698. The Labute approximate surface area is 131 Å². The Hall–Kier alpha value is -0.120. The van der Waals surface area contributed by atoms with Crippen LogP contribution < -0.4 is 5.32 Å². The molecule has 2 saturated heterocycles. The molecule has 0 spiro atoms. The molecule has 122 valence electrons. The van der Waals surface area contributed by atoms with E-state index in [0.717, 1.165) is 36.5 Å². The molecule has 0 radical (unpaired) electrons. The highest BCUT2D eigenvalue weighted by Gasteiger charge is 2.43. The number of piperazine rings is 1. The summed E-state index contributed by atoms with van der Waals surface area (Å²) in [6.07, 6.45) is 5.61. The lowest BCUT2D eigenvalue weighted by molar-refractivity contribution is -0.0223. The van der Waals surface area contributed by atoms with Crippen molar-refractivity contribution in [2.24, 2.45) is 11.8 Å². The first-order valence-corrected chi connectivity index (χ1v) is 9.33. The first-order chi connectivity index (χ1) is 10.1. The quantitative estimate of drug-likeness (QED) is 0.863. The van der Waals surface area contributed by atoms with Crippen molar-refractivity contribution >= 4 is 0 Å². The molecule has 21 heavy (non-hydrogen) atoms. The van der Waals surface area contributed by atoms with Crippen molar-refractivity contribution in [1.82, 2.24) is 15.1 Å². The molecule has 0 aromatic rings. The lowest BCUT2D eigenvalue weighted by Crippen LogP contribution is -2.65. The average molecular weight is 293 g/mol. The summed E-state index contributed by atoms with van der Waals surface area (Å²) in [4.78, 5) is 5.63. The van der Waals surface area contributed by atoms with Gasteiger partial charge in [0.2, 0.25) is 0 Å². The summed E-state index contributed by atoms with van der Waals surface area (Å²) in [6, 6.07) is 3.01. The van der Waals surface area contributed by atoms with Gasteiger partial charge < -0.3 is 5.32 Å². The van der Waals surface area contributed by atoms with Crippen LogP contribution in [-0.2, 0) is 0 Å². The second-order valence-electron chi connectivity index (χ2n) is 8.05. The summed E-state index contributed by atoms with van der Waals surface area (Å²) in [5.74, 6) is 1.71. The van der Waals surface area contributed by atoms with Gasteiger partial charge in [0.05, 0.1) is 0 Å². The van der Waals surface area contributed by atoms with Crippen LogP contribution in [0, 0.1) is 11.8 Å². The molecule has 3 heteroatoms. The minimum absolute atomic E-state index is 0.698. The largest absolute Gasteiger partial charge is 0.313 e. The maximum absolute atomic E-state index is 3.82. The van der Waals surface area contributed by atoms with Gasteiger partial charge in [-0.2, -0.15) is 0 Å². The van der Waals surface area contributed by atoms with Crippen molar-refractivity contribution in [3.8, 4) is 0 Å². The molecule has 2 heterocycles. The van der Waals surface area contributed by atoms with Crippen LogP contribution in [0.2, 0.25) is 0 Å². The number of nitrogens with zero attached hydrogens (tertiary/aromatic N) is 2. The zero-order chi connectivity index (χ0) is 15.0. The van der Waals surface area contributed by atoms with E-state index in [-0.39, 0.29) is 0 Å². The van der Waals surface area contributed by atoms with Gasteiger partial charge in [-0.25, -0.2) is 0 Å². The molecule has 1 aliphatic carbocycles. The van der Waals surface area contributed by atoms with Gasteiger partial charge in [0.1, 0.15) is 0 Å². The monoisotopic (exact) mass is 293 g/mol. The number of rotatable bonds is 3. The Bertz CT molecular complexity index is 345. The summed E-state index contributed by atoms with van der Waals surface area (Å²) < 4.78 is 0. The van der Waals surface area contributed by atoms with Gasteiger partial charge in [-0.1, -0.05) is 20.8 Å². The Morgan fingerprint density at radius 2 is 1.90 bits per heavy atom. The van der Waals surface area contributed by atoms with E-state index in [2.05, 4.69) is 42.8 Å². The second kappa shape index (κ2) is 6.55. The topological polar surface area (TPSA) is 18.5 Å². The number of nitrogens with one attached hydrogen (secondary N) is 1. The Morgan fingerprint density at radius 3 is 2.67 bits per heavy atom. The molecule has 6 unspecified atom stereocenters. The van der Waals surface area contributed by atoms with Gasteiger partial charge in [0.25, 0.3) is 0 Å². The predicted octanol–water partition coefficient (Wildman–Crippen LogP) is 2.57. The molecule has 3 fully saturated rings. The van der Waals surface area contributed by atoms with E-state index < -0.39 is 0 Å². The van der Waals surface area contributed by atoms with E-state index in [1.54, 1.807) is 0 Å². The van der Waals surface area contributed by atoms with Crippen LogP contribution in [0.15, 0.2) is 0 Å². The molecule has 0 bridgehead atoms. The van der Waals surface area contributed by atoms with Gasteiger partial charge in [-0.3, -0.25) is 9.80 Å². The molecule has 0 amide bonds. The Balaban J connectivity index is 1.75.